The predicted molar refractivity (Wildman–Crippen MR) is 158 cm³/mol. The first-order valence-corrected chi connectivity index (χ1v) is 13.6. The molecule has 4 aromatic rings. The van der Waals surface area contributed by atoms with E-state index in [1.54, 1.807) is 24.4 Å². The minimum absolute atomic E-state index is 0. The van der Waals surface area contributed by atoms with Crippen molar-refractivity contribution >= 4 is 29.7 Å². The summed E-state index contributed by atoms with van der Waals surface area (Å²) in [6.07, 6.45) is 11.4. The molecule has 0 saturated carbocycles. The van der Waals surface area contributed by atoms with Crippen LogP contribution < -0.4 is 20.7 Å². The number of nitrogens with zero attached hydrogens (tertiary/aromatic N) is 6. The minimum Gasteiger partial charge on any atom is -0.496 e. The Morgan fingerprint density at radius 1 is 1.10 bits per heavy atom. The van der Waals surface area contributed by atoms with Crippen molar-refractivity contribution in [2.75, 3.05) is 43.6 Å². The molecule has 0 radical (unpaired) electrons. The number of hydrogen-bond donors (Lipinski definition) is 2. The lowest BCUT2D eigenvalue weighted by atomic mass is 10.0. The molecule has 0 bridgehead atoms. The Bertz CT molecular complexity index is 1480. The molecule has 3 aromatic heterocycles. The number of anilines is 3. The summed E-state index contributed by atoms with van der Waals surface area (Å²) in [6, 6.07) is 8.82. The van der Waals surface area contributed by atoms with E-state index in [9.17, 15) is 4.39 Å². The van der Waals surface area contributed by atoms with Crippen molar-refractivity contribution in [1.82, 2.24) is 24.7 Å². The van der Waals surface area contributed by atoms with E-state index in [0.29, 0.717) is 23.4 Å². The quantitative estimate of drug-likeness (QED) is 0.312. The average molecular weight is 581 g/mol. The van der Waals surface area contributed by atoms with Gasteiger partial charge < -0.3 is 25.4 Å². The molecular weight excluding hydrogens is 547 g/mol. The van der Waals surface area contributed by atoms with E-state index in [2.05, 4.69) is 36.2 Å². The molecule has 0 aliphatic carbocycles. The Labute approximate surface area is 244 Å². The highest BCUT2D eigenvalue weighted by Crippen LogP contribution is 2.36. The van der Waals surface area contributed by atoms with Gasteiger partial charge >= 0.3 is 0 Å². The van der Waals surface area contributed by atoms with Crippen LogP contribution in [0.2, 0.25) is 0 Å². The molecule has 0 spiro atoms. The minimum atomic E-state index is -0.455. The summed E-state index contributed by atoms with van der Waals surface area (Å²) in [5.41, 5.74) is 9.61. The van der Waals surface area contributed by atoms with Crippen LogP contribution in [0.1, 0.15) is 31.7 Å². The third-order valence-corrected chi connectivity index (χ3v) is 7.49. The molecular formula is C29H34ClFN8O2. The van der Waals surface area contributed by atoms with Gasteiger partial charge in [0.2, 0.25) is 0 Å². The number of halogens is 2. The second-order valence-electron chi connectivity index (χ2n) is 10.2. The van der Waals surface area contributed by atoms with Crippen molar-refractivity contribution < 1.29 is 13.9 Å². The SMILES string of the molecule is COc1cccc(F)c1-c1nccc(Nc2cc(N3CCC[C@H](N)C3)c(-c3cnn(C4CCOCC4)c3)cn2)n1.Cl. The standard InChI is InChI=1S/C29H33FN8O2.ClH/c1-39-25-6-2-5-23(30)28(25)29-32-10-7-26(36-29)35-27-14-24(37-11-3-4-20(31)18-37)22(16-33-27)19-15-34-38(17-19)21-8-12-40-13-9-21;/h2,5-7,10,14-17,20-21H,3-4,8-9,11-13,18,31H2,1H3,(H,32,33,35,36);1H/t20-;/m0./s1. The first-order chi connectivity index (χ1) is 19.6. The Balaban J connectivity index is 0.00000337. The summed E-state index contributed by atoms with van der Waals surface area (Å²) in [4.78, 5) is 15.9. The van der Waals surface area contributed by atoms with Gasteiger partial charge in [-0.3, -0.25) is 4.68 Å². The molecule has 10 nitrogen and oxygen atoms in total. The van der Waals surface area contributed by atoms with Gasteiger partial charge in [-0.15, -0.1) is 12.4 Å². The van der Waals surface area contributed by atoms with E-state index >= 15 is 0 Å². The number of piperidine rings is 1. The Kier molecular flexibility index (Phi) is 8.96. The van der Waals surface area contributed by atoms with Crippen LogP contribution in [0.15, 0.2) is 55.1 Å². The molecule has 41 heavy (non-hydrogen) atoms. The van der Waals surface area contributed by atoms with E-state index in [4.69, 9.17) is 20.2 Å². The van der Waals surface area contributed by atoms with Crippen LogP contribution in [0.3, 0.4) is 0 Å². The van der Waals surface area contributed by atoms with Crippen LogP contribution in [0.25, 0.3) is 22.5 Å². The molecule has 5 heterocycles. The maximum absolute atomic E-state index is 14.7. The van der Waals surface area contributed by atoms with Gasteiger partial charge in [-0.2, -0.15) is 5.10 Å². The summed E-state index contributed by atoms with van der Waals surface area (Å²) in [5, 5.41) is 7.96. The highest BCUT2D eigenvalue weighted by Gasteiger charge is 2.23. The van der Waals surface area contributed by atoms with E-state index in [-0.39, 0.29) is 29.8 Å². The number of methoxy groups -OCH3 is 1. The van der Waals surface area contributed by atoms with Crippen LogP contribution in [0.4, 0.5) is 21.7 Å². The normalized spacial score (nSPS) is 17.6. The molecule has 1 aromatic carbocycles. The average Bonchev–Trinajstić information content (AvgIpc) is 3.48. The molecule has 2 saturated heterocycles. The molecule has 216 valence electrons. The predicted octanol–water partition coefficient (Wildman–Crippen LogP) is 4.99. The lowest BCUT2D eigenvalue weighted by Gasteiger charge is -2.34. The summed E-state index contributed by atoms with van der Waals surface area (Å²) in [7, 11) is 1.49. The second-order valence-corrected chi connectivity index (χ2v) is 10.2. The van der Waals surface area contributed by atoms with Crippen molar-refractivity contribution in [1.29, 1.82) is 0 Å². The maximum atomic E-state index is 14.7. The van der Waals surface area contributed by atoms with Crippen molar-refractivity contribution in [2.24, 2.45) is 5.73 Å². The van der Waals surface area contributed by atoms with Gasteiger partial charge in [0.1, 0.15) is 23.2 Å². The summed E-state index contributed by atoms with van der Waals surface area (Å²) in [6.45, 7) is 3.18. The smallest absolute Gasteiger partial charge is 0.168 e. The first-order valence-electron chi connectivity index (χ1n) is 13.6. The van der Waals surface area contributed by atoms with Crippen LogP contribution in [-0.2, 0) is 4.74 Å². The van der Waals surface area contributed by atoms with Gasteiger partial charge in [0.25, 0.3) is 0 Å². The molecule has 12 heteroatoms. The van der Waals surface area contributed by atoms with Crippen molar-refractivity contribution in [2.45, 2.75) is 37.8 Å². The van der Waals surface area contributed by atoms with Crippen molar-refractivity contribution in [3.8, 4) is 28.3 Å². The Morgan fingerprint density at radius 2 is 1.95 bits per heavy atom. The zero-order valence-corrected chi connectivity index (χ0v) is 23.7. The van der Waals surface area contributed by atoms with E-state index < -0.39 is 5.82 Å². The number of rotatable bonds is 7. The number of ether oxygens (including phenoxy) is 2. The van der Waals surface area contributed by atoms with Crippen LogP contribution in [0.5, 0.6) is 5.75 Å². The number of nitrogens with one attached hydrogen (secondary N) is 1. The largest absolute Gasteiger partial charge is 0.496 e. The number of benzene rings is 1. The number of aromatic nitrogens is 5. The molecule has 2 fully saturated rings. The van der Waals surface area contributed by atoms with Gasteiger partial charge in [-0.25, -0.2) is 19.3 Å². The van der Waals surface area contributed by atoms with Crippen molar-refractivity contribution in [3.05, 3.63) is 60.9 Å². The highest BCUT2D eigenvalue weighted by atomic mass is 35.5. The fraction of sp³-hybridized carbons (Fsp3) is 0.379. The van der Waals surface area contributed by atoms with Crippen LogP contribution in [0, 0.1) is 5.82 Å². The Morgan fingerprint density at radius 3 is 2.76 bits per heavy atom. The first kappa shape index (κ1) is 28.7. The van der Waals surface area contributed by atoms with Gasteiger partial charge in [-0.1, -0.05) is 6.07 Å². The zero-order valence-electron chi connectivity index (χ0n) is 22.9. The Hall–Kier alpha value is -3.80. The molecule has 2 aliphatic heterocycles. The molecule has 0 amide bonds. The van der Waals surface area contributed by atoms with E-state index in [1.165, 1.54) is 13.2 Å². The number of pyridine rings is 1. The molecule has 1 atom stereocenters. The van der Waals surface area contributed by atoms with Crippen LogP contribution in [-0.4, -0.2) is 64.2 Å². The molecule has 6 rings (SSSR count). The van der Waals surface area contributed by atoms with Crippen molar-refractivity contribution in [3.63, 3.8) is 0 Å². The highest BCUT2D eigenvalue weighted by molar-refractivity contribution is 5.85. The molecule has 2 aliphatic rings. The van der Waals surface area contributed by atoms with Gasteiger partial charge in [0.15, 0.2) is 5.82 Å². The van der Waals surface area contributed by atoms with Crippen LogP contribution >= 0.6 is 12.4 Å². The van der Waals surface area contributed by atoms with Gasteiger partial charge in [-0.05, 0) is 43.9 Å². The second kappa shape index (κ2) is 12.8. The molecule has 3 N–H and O–H groups in total. The lowest BCUT2D eigenvalue weighted by Crippen LogP contribution is -2.43. The zero-order chi connectivity index (χ0) is 27.5. The fourth-order valence-electron chi connectivity index (χ4n) is 5.42. The van der Waals surface area contributed by atoms with Gasteiger partial charge in [0, 0.05) is 73.8 Å². The lowest BCUT2D eigenvalue weighted by molar-refractivity contribution is 0.0662. The number of nitrogens with two attached hydrogens (primary N) is 1. The van der Waals surface area contributed by atoms with E-state index in [0.717, 1.165) is 68.8 Å². The summed E-state index contributed by atoms with van der Waals surface area (Å²) >= 11 is 0. The van der Waals surface area contributed by atoms with E-state index in [1.807, 2.05) is 18.5 Å². The maximum Gasteiger partial charge on any atom is 0.168 e. The van der Waals surface area contributed by atoms with Gasteiger partial charge in [0.05, 0.1) is 24.9 Å². The molecule has 0 unspecified atom stereocenters. The topological polar surface area (TPSA) is 116 Å². The third-order valence-electron chi connectivity index (χ3n) is 7.49. The summed E-state index contributed by atoms with van der Waals surface area (Å²) in [5.74, 6) is 1.23. The third kappa shape index (κ3) is 6.27. The monoisotopic (exact) mass is 580 g/mol. The fourth-order valence-corrected chi connectivity index (χ4v) is 5.42. The summed E-state index contributed by atoms with van der Waals surface area (Å²) < 4.78 is 27.6. The number of hydrogen-bond acceptors (Lipinski definition) is 9.